The van der Waals surface area contributed by atoms with Crippen LogP contribution in [0.1, 0.15) is 43.0 Å². The van der Waals surface area contributed by atoms with E-state index in [1.165, 1.54) is 43.3 Å². The molecule has 0 spiro atoms. The molecule has 6 nitrogen and oxygen atoms in total. The molecular formula is C22H19F4N3O3. The van der Waals surface area contributed by atoms with Crippen LogP contribution in [0.2, 0.25) is 0 Å². The van der Waals surface area contributed by atoms with Gasteiger partial charge in [0.2, 0.25) is 11.8 Å². The Kier molecular flexibility index (Phi) is 5.67. The average molecular weight is 449 g/mol. The molecule has 0 aliphatic carbocycles. The Bertz CT molecular complexity index is 1080. The predicted molar refractivity (Wildman–Crippen MR) is 104 cm³/mol. The molecule has 168 valence electrons. The van der Waals surface area contributed by atoms with Crippen LogP contribution in [0.25, 0.3) is 0 Å². The molecule has 0 aromatic carbocycles. The van der Waals surface area contributed by atoms with E-state index in [-0.39, 0.29) is 18.5 Å². The number of alkyl halides is 4. The monoisotopic (exact) mass is 449 g/mol. The summed E-state index contributed by atoms with van der Waals surface area (Å²) < 4.78 is 61.5. The third kappa shape index (κ3) is 4.07. The highest BCUT2D eigenvalue weighted by Gasteiger charge is 2.49. The predicted octanol–water partition coefficient (Wildman–Crippen LogP) is 3.80. The van der Waals surface area contributed by atoms with Crippen molar-refractivity contribution in [1.29, 1.82) is 0 Å². The molecule has 10 heteroatoms. The molecule has 0 N–H and O–H groups in total. The number of nitrogens with zero attached hydrogens (tertiary/aromatic N) is 3. The molecule has 0 radical (unpaired) electrons. The lowest BCUT2D eigenvalue weighted by atomic mass is 9.91. The van der Waals surface area contributed by atoms with Gasteiger partial charge >= 0.3 is 6.61 Å². The molecule has 2 atom stereocenters. The highest BCUT2D eigenvalue weighted by molar-refractivity contribution is 5.83. The smallest absolute Gasteiger partial charge is 0.388 e. The van der Waals surface area contributed by atoms with Crippen LogP contribution in [0.5, 0.6) is 11.6 Å². The van der Waals surface area contributed by atoms with Gasteiger partial charge in [-0.05, 0) is 19.9 Å². The van der Waals surface area contributed by atoms with Crippen LogP contribution < -0.4 is 9.47 Å². The van der Waals surface area contributed by atoms with Gasteiger partial charge in [-0.15, -0.1) is 0 Å². The van der Waals surface area contributed by atoms with E-state index in [0.29, 0.717) is 28.9 Å². The maximum Gasteiger partial charge on any atom is 0.388 e. The second-order valence-electron chi connectivity index (χ2n) is 8.09. The molecule has 32 heavy (non-hydrogen) atoms. The molecule has 0 unspecified atom stereocenters. The van der Waals surface area contributed by atoms with Crippen LogP contribution in [0.15, 0.2) is 30.7 Å². The van der Waals surface area contributed by atoms with Gasteiger partial charge in [0.1, 0.15) is 17.3 Å². The number of hydrogen-bond acceptors (Lipinski definition) is 5. The Morgan fingerprint density at radius 2 is 2.00 bits per heavy atom. The largest absolute Gasteiger partial charge is 0.487 e. The van der Waals surface area contributed by atoms with E-state index in [1.807, 2.05) is 0 Å². The Hall–Kier alpha value is -3.35. The van der Waals surface area contributed by atoms with Gasteiger partial charge in [0.05, 0.1) is 18.2 Å². The number of halogens is 4. The minimum Gasteiger partial charge on any atom is -0.487 e. The first-order valence-corrected chi connectivity index (χ1v) is 9.83. The summed E-state index contributed by atoms with van der Waals surface area (Å²) in [5.41, 5.74) is -0.274. The summed E-state index contributed by atoms with van der Waals surface area (Å²) in [6.07, 6.45) is 1.72. The standard InChI is InChI=1S/C22H19F4N3O3/c1-22(2,19(23)24)20(30)29-11-14-7-16(29)15-10-27-9-13(18(15)31-14)5-3-12-4-6-17(28-8-12)32-21(25)26/h4,6,8-10,14,16,19,21H,7,11H2,1-2H3/t14-,16-/m0/s1. The number of hydrogen-bond donors (Lipinski definition) is 0. The van der Waals surface area contributed by atoms with Crippen molar-refractivity contribution in [2.24, 2.45) is 5.41 Å². The third-order valence-corrected chi connectivity index (χ3v) is 5.48. The molecule has 0 saturated carbocycles. The topological polar surface area (TPSA) is 64.6 Å². The number of amides is 1. The third-order valence-electron chi connectivity index (χ3n) is 5.48. The maximum absolute atomic E-state index is 13.4. The van der Waals surface area contributed by atoms with Gasteiger partial charge in [-0.1, -0.05) is 11.8 Å². The highest BCUT2D eigenvalue weighted by atomic mass is 19.3. The average Bonchev–Trinajstić information content (AvgIpc) is 3.09. The fraction of sp³-hybridized carbons (Fsp3) is 0.409. The summed E-state index contributed by atoms with van der Waals surface area (Å²) in [5.74, 6) is 5.39. The minimum absolute atomic E-state index is 0.205. The number of likely N-dealkylation sites (tertiary alicyclic amines) is 1. The van der Waals surface area contributed by atoms with E-state index in [2.05, 4.69) is 26.5 Å². The molecule has 1 amide bonds. The molecule has 2 aromatic rings. The molecular weight excluding hydrogens is 430 g/mol. The molecule has 2 aliphatic rings. The van der Waals surface area contributed by atoms with E-state index in [9.17, 15) is 22.4 Å². The van der Waals surface area contributed by atoms with Gasteiger partial charge in [0.15, 0.2) is 0 Å². The molecule has 4 heterocycles. The molecule has 1 fully saturated rings. The first kappa shape index (κ1) is 21.9. The number of pyridine rings is 2. The van der Waals surface area contributed by atoms with Crippen molar-refractivity contribution in [1.82, 2.24) is 14.9 Å². The Morgan fingerprint density at radius 1 is 1.22 bits per heavy atom. The number of ether oxygens (including phenoxy) is 2. The van der Waals surface area contributed by atoms with Crippen molar-refractivity contribution >= 4 is 5.91 Å². The lowest BCUT2D eigenvalue weighted by Crippen LogP contribution is -2.44. The summed E-state index contributed by atoms with van der Waals surface area (Å²) in [4.78, 5) is 22.2. The summed E-state index contributed by atoms with van der Waals surface area (Å²) >= 11 is 0. The molecule has 4 rings (SSSR count). The molecule has 1 saturated heterocycles. The summed E-state index contributed by atoms with van der Waals surface area (Å²) in [5, 5.41) is 0. The Labute approximate surface area is 181 Å². The fourth-order valence-corrected chi connectivity index (χ4v) is 3.71. The van der Waals surface area contributed by atoms with Crippen LogP contribution in [-0.4, -0.2) is 46.5 Å². The van der Waals surface area contributed by atoms with Gasteiger partial charge in [0, 0.05) is 42.2 Å². The molecule has 2 aromatic heterocycles. The van der Waals surface area contributed by atoms with Crippen LogP contribution in [0.4, 0.5) is 17.6 Å². The number of fused-ring (bicyclic) bond motifs is 4. The maximum atomic E-state index is 13.4. The minimum atomic E-state index is -2.97. The van der Waals surface area contributed by atoms with Crippen molar-refractivity contribution in [2.75, 3.05) is 6.54 Å². The SMILES string of the molecule is CC(C)(C(=O)N1C[C@@H]2C[C@H]1c1cncc(C#Cc3ccc(OC(F)F)nc3)c1O2)C(F)F. The first-order chi connectivity index (χ1) is 15.2. The quantitative estimate of drug-likeness (QED) is 0.525. The van der Waals surface area contributed by atoms with E-state index in [1.54, 1.807) is 6.20 Å². The van der Waals surface area contributed by atoms with E-state index in [0.717, 1.165) is 0 Å². The van der Waals surface area contributed by atoms with Gasteiger partial charge in [0.25, 0.3) is 6.43 Å². The van der Waals surface area contributed by atoms with Crippen LogP contribution in [0.3, 0.4) is 0 Å². The van der Waals surface area contributed by atoms with Crippen molar-refractivity contribution in [3.05, 3.63) is 47.4 Å². The zero-order chi connectivity index (χ0) is 23.0. The summed E-state index contributed by atoms with van der Waals surface area (Å²) in [6, 6.07) is 2.34. The lowest BCUT2D eigenvalue weighted by molar-refractivity contribution is -0.149. The van der Waals surface area contributed by atoms with E-state index >= 15 is 0 Å². The number of carbonyl (C=O) groups excluding carboxylic acids is 1. The van der Waals surface area contributed by atoms with E-state index in [4.69, 9.17) is 4.74 Å². The zero-order valence-corrected chi connectivity index (χ0v) is 17.2. The molecule has 2 aliphatic heterocycles. The Morgan fingerprint density at radius 3 is 2.66 bits per heavy atom. The van der Waals surface area contributed by atoms with Crippen LogP contribution >= 0.6 is 0 Å². The Balaban J connectivity index is 1.60. The van der Waals surface area contributed by atoms with Crippen molar-refractivity contribution < 1.29 is 31.8 Å². The van der Waals surface area contributed by atoms with Gasteiger partial charge in [-0.3, -0.25) is 9.78 Å². The highest BCUT2D eigenvalue weighted by Crippen LogP contribution is 2.46. The first-order valence-electron chi connectivity index (χ1n) is 9.83. The molecule has 2 bridgehead atoms. The van der Waals surface area contributed by atoms with Crippen molar-refractivity contribution in [3.8, 4) is 23.5 Å². The van der Waals surface area contributed by atoms with Gasteiger partial charge < -0.3 is 14.4 Å². The van der Waals surface area contributed by atoms with Crippen molar-refractivity contribution in [3.63, 3.8) is 0 Å². The lowest BCUT2D eigenvalue weighted by Gasteiger charge is -2.32. The second-order valence-corrected chi connectivity index (χ2v) is 8.09. The van der Waals surface area contributed by atoms with Crippen LogP contribution in [-0.2, 0) is 4.79 Å². The summed E-state index contributed by atoms with van der Waals surface area (Å²) in [7, 11) is 0. The zero-order valence-electron chi connectivity index (χ0n) is 17.2. The van der Waals surface area contributed by atoms with E-state index < -0.39 is 30.4 Å². The fourth-order valence-electron chi connectivity index (χ4n) is 3.71. The van der Waals surface area contributed by atoms with Gasteiger partial charge in [-0.2, -0.15) is 8.78 Å². The normalized spacial score (nSPS) is 19.3. The van der Waals surface area contributed by atoms with Crippen LogP contribution in [0, 0.1) is 17.3 Å². The van der Waals surface area contributed by atoms with Gasteiger partial charge in [-0.25, -0.2) is 13.8 Å². The second kappa shape index (κ2) is 8.30. The number of carbonyl (C=O) groups is 1. The number of aromatic nitrogens is 2. The summed E-state index contributed by atoms with van der Waals surface area (Å²) in [6.45, 7) is -0.297. The number of rotatable bonds is 4. The van der Waals surface area contributed by atoms with Crippen molar-refractivity contribution in [2.45, 2.75) is 45.5 Å².